The highest BCUT2D eigenvalue weighted by molar-refractivity contribution is 6.06. The Morgan fingerprint density at radius 1 is 1.19 bits per heavy atom. The van der Waals surface area contributed by atoms with Crippen molar-refractivity contribution in [3.05, 3.63) is 41.0 Å². The molecule has 4 heteroatoms. The zero-order valence-electron chi connectivity index (χ0n) is 16.6. The van der Waals surface area contributed by atoms with Crippen LogP contribution in [0.1, 0.15) is 50.3 Å². The number of rotatable bonds is 2. The average molecular weight is 354 g/mol. The molecule has 2 aliphatic rings. The average Bonchev–Trinajstić information content (AvgIpc) is 3.02. The van der Waals surface area contributed by atoms with Crippen LogP contribution in [0.5, 0.6) is 0 Å². The smallest absolute Gasteiger partial charge is 0.410 e. The van der Waals surface area contributed by atoms with Crippen LogP contribution in [0.3, 0.4) is 0 Å². The van der Waals surface area contributed by atoms with E-state index in [0.717, 1.165) is 31.6 Å². The van der Waals surface area contributed by atoms with E-state index < -0.39 is 5.60 Å². The first kappa shape index (κ1) is 18.7. The Morgan fingerprint density at radius 3 is 2.54 bits per heavy atom. The van der Waals surface area contributed by atoms with Gasteiger partial charge in [0.25, 0.3) is 0 Å². The molecule has 3 rings (SSSR count). The van der Waals surface area contributed by atoms with Gasteiger partial charge in [0.1, 0.15) is 5.60 Å². The number of allylic oxidation sites excluding steroid dienone is 1. The Morgan fingerprint density at radius 2 is 1.88 bits per heavy atom. The summed E-state index contributed by atoms with van der Waals surface area (Å²) in [5.41, 5.74) is 5.78. The number of benzene rings is 1. The van der Waals surface area contributed by atoms with E-state index >= 15 is 0 Å². The van der Waals surface area contributed by atoms with Crippen LogP contribution in [0.25, 0.3) is 5.57 Å². The van der Waals surface area contributed by atoms with Crippen molar-refractivity contribution in [2.24, 2.45) is 10.9 Å². The molecule has 0 radical (unpaired) electrons. The molecule has 0 aromatic heterocycles. The summed E-state index contributed by atoms with van der Waals surface area (Å²) in [7, 11) is 0. The lowest BCUT2D eigenvalue weighted by Gasteiger charge is -2.34. The van der Waals surface area contributed by atoms with Crippen LogP contribution in [-0.4, -0.2) is 41.9 Å². The second kappa shape index (κ2) is 7.26. The van der Waals surface area contributed by atoms with Crippen LogP contribution in [0.2, 0.25) is 0 Å². The van der Waals surface area contributed by atoms with E-state index in [1.54, 1.807) is 0 Å². The number of ether oxygens (including phenoxy) is 1. The van der Waals surface area contributed by atoms with Crippen molar-refractivity contribution in [2.75, 3.05) is 19.6 Å². The van der Waals surface area contributed by atoms with Crippen molar-refractivity contribution in [3.8, 4) is 0 Å². The second-order valence-corrected chi connectivity index (χ2v) is 8.55. The molecule has 4 nitrogen and oxygen atoms in total. The lowest BCUT2D eigenvalue weighted by molar-refractivity contribution is 0.0194. The molecule has 2 heterocycles. The Balaban J connectivity index is 1.69. The Labute approximate surface area is 156 Å². The van der Waals surface area contributed by atoms with Gasteiger partial charge in [0.15, 0.2) is 0 Å². The van der Waals surface area contributed by atoms with Gasteiger partial charge in [-0.05, 0) is 64.7 Å². The molecule has 0 N–H and O–H groups in total. The number of hydrogen-bond donors (Lipinski definition) is 0. The maximum atomic E-state index is 12.4. The van der Waals surface area contributed by atoms with E-state index in [4.69, 9.17) is 9.73 Å². The van der Waals surface area contributed by atoms with Gasteiger partial charge in [-0.3, -0.25) is 4.99 Å². The standard InChI is InChI=1S/C22H30N2O2/c1-15-9-16(2)11-18(10-15)19-12-20(23-13-19)17-7-6-8-24(14-17)21(25)26-22(3,4)5/h9-12,17H,6-8,13-14H2,1-5H3. The molecule has 1 atom stereocenters. The van der Waals surface area contributed by atoms with Crippen LogP contribution in [0.15, 0.2) is 29.3 Å². The van der Waals surface area contributed by atoms with Crippen LogP contribution in [-0.2, 0) is 4.74 Å². The third-order valence-corrected chi connectivity index (χ3v) is 4.84. The molecule has 140 valence electrons. The third-order valence-electron chi connectivity index (χ3n) is 4.84. The fourth-order valence-electron chi connectivity index (χ4n) is 3.74. The quantitative estimate of drug-likeness (QED) is 0.766. The minimum atomic E-state index is -0.453. The van der Waals surface area contributed by atoms with Gasteiger partial charge in [0.05, 0.1) is 6.54 Å². The van der Waals surface area contributed by atoms with Gasteiger partial charge in [-0.15, -0.1) is 0 Å². The van der Waals surface area contributed by atoms with Crippen LogP contribution in [0.4, 0.5) is 4.79 Å². The number of amides is 1. The number of hydrogen-bond acceptors (Lipinski definition) is 3. The zero-order chi connectivity index (χ0) is 18.9. The maximum absolute atomic E-state index is 12.4. The van der Waals surface area contributed by atoms with Gasteiger partial charge >= 0.3 is 6.09 Å². The molecular formula is C22H30N2O2. The van der Waals surface area contributed by atoms with Crippen LogP contribution in [0, 0.1) is 19.8 Å². The summed E-state index contributed by atoms with van der Waals surface area (Å²) >= 11 is 0. The SMILES string of the molecule is Cc1cc(C)cc(C2=CC(C3CCCN(C(=O)OC(C)(C)C)C3)=NC2)c1. The zero-order valence-corrected chi connectivity index (χ0v) is 16.6. The number of likely N-dealkylation sites (tertiary alicyclic amines) is 1. The van der Waals surface area contributed by atoms with Gasteiger partial charge < -0.3 is 9.64 Å². The molecule has 0 spiro atoms. The molecule has 1 aromatic carbocycles. The molecule has 1 aromatic rings. The number of aryl methyl sites for hydroxylation is 2. The highest BCUT2D eigenvalue weighted by atomic mass is 16.6. The van der Waals surface area contributed by atoms with Crippen molar-refractivity contribution in [2.45, 2.75) is 53.1 Å². The van der Waals surface area contributed by atoms with E-state index in [0.29, 0.717) is 12.5 Å². The molecule has 1 saturated heterocycles. The molecular weight excluding hydrogens is 324 g/mol. The highest BCUT2D eigenvalue weighted by Gasteiger charge is 2.30. The normalized spacial score (nSPS) is 20.7. The molecule has 1 unspecified atom stereocenters. The van der Waals surface area contributed by atoms with Gasteiger partial charge in [0, 0.05) is 24.7 Å². The largest absolute Gasteiger partial charge is 0.444 e. The fraction of sp³-hybridized carbons (Fsp3) is 0.545. The summed E-state index contributed by atoms with van der Waals surface area (Å²) in [4.78, 5) is 19.0. The first-order chi connectivity index (χ1) is 12.2. The number of nitrogens with zero attached hydrogens (tertiary/aromatic N) is 2. The highest BCUT2D eigenvalue weighted by Crippen LogP contribution is 2.27. The Kier molecular flexibility index (Phi) is 5.22. The summed E-state index contributed by atoms with van der Waals surface area (Å²) in [5.74, 6) is 0.305. The molecule has 2 aliphatic heterocycles. The topological polar surface area (TPSA) is 41.9 Å². The summed E-state index contributed by atoms with van der Waals surface area (Å²) in [5, 5.41) is 0. The molecule has 0 bridgehead atoms. The summed E-state index contributed by atoms with van der Waals surface area (Å²) in [6, 6.07) is 6.65. The fourth-order valence-corrected chi connectivity index (χ4v) is 3.74. The summed E-state index contributed by atoms with van der Waals surface area (Å²) in [6.07, 6.45) is 4.10. The van der Waals surface area contributed by atoms with E-state index in [1.165, 1.54) is 22.3 Å². The van der Waals surface area contributed by atoms with E-state index in [2.05, 4.69) is 38.1 Å². The van der Waals surface area contributed by atoms with Crippen molar-refractivity contribution in [1.82, 2.24) is 4.90 Å². The number of aliphatic imine (C=N–C) groups is 1. The Hall–Kier alpha value is -2.10. The van der Waals surface area contributed by atoms with E-state index in [9.17, 15) is 4.79 Å². The van der Waals surface area contributed by atoms with E-state index in [-0.39, 0.29) is 6.09 Å². The maximum Gasteiger partial charge on any atom is 0.410 e. The molecule has 26 heavy (non-hydrogen) atoms. The predicted octanol–water partition coefficient (Wildman–Crippen LogP) is 4.79. The first-order valence-electron chi connectivity index (χ1n) is 9.53. The van der Waals surface area contributed by atoms with Crippen molar-refractivity contribution in [3.63, 3.8) is 0 Å². The molecule has 1 fully saturated rings. The van der Waals surface area contributed by atoms with Gasteiger partial charge in [-0.1, -0.05) is 29.3 Å². The monoisotopic (exact) mass is 354 g/mol. The second-order valence-electron chi connectivity index (χ2n) is 8.55. The number of piperidine rings is 1. The molecule has 1 amide bonds. The lowest BCUT2D eigenvalue weighted by atomic mass is 9.92. The third kappa shape index (κ3) is 4.54. The number of carbonyl (C=O) groups is 1. The first-order valence-corrected chi connectivity index (χ1v) is 9.53. The number of carbonyl (C=O) groups excluding carboxylic acids is 1. The predicted molar refractivity (Wildman–Crippen MR) is 107 cm³/mol. The Bertz CT molecular complexity index is 736. The van der Waals surface area contributed by atoms with Crippen LogP contribution < -0.4 is 0 Å². The van der Waals surface area contributed by atoms with Gasteiger partial charge in [0.2, 0.25) is 0 Å². The summed E-state index contributed by atoms with van der Waals surface area (Å²) < 4.78 is 5.54. The van der Waals surface area contributed by atoms with Crippen molar-refractivity contribution in [1.29, 1.82) is 0 Å². The summed E-state index contributed by atoms with van der Waals surface area (Å²) in [6.45, 7) is 12.2. The molecule has 0 saturated carbocycles. The van der Waals surface area contributed by atoms with Gasteiger partial charge in [-0.25, -0.2) is 4.79 Å². The van der Waals surface area contributed by atoms with Crippen molar-refractivity contribution < 1.29 is 9.53 Å². The minimum absolute atomic E-state index is 0.209. The molecule has 0 aliphatic carbocycles. The van der Waals surface area contributed by atoms with Crippen molar-refractivity contribution >= 4 is 17.4 Å². The lowest BCUT2D eigenvalue weighted by Crippen LogP contribution is -2.44. The van der Waals surface area contributed by atoms with Crippen LogP contribution >= 0.6 is 0 Å². The van der Waals surface area contributed by atoms with E-state index in [1.807, 2.05) is 25.7 Å². The minimum Gasteiger partial charge on any atom is -0.444 e. The van der Waals surface area contributed by atoms with Gasteiger partial charge in [-0.2, -0.15) is 0 Å².